The van der Waals surface area contributed by atoms with E-state index in [1.54, 1.807) is 0 Å². The molecule has 0 aromatic carbocycles. The summed E-state index contributed by atoms with van der Waals surface area (Å²) in [6, 6.07) is 0. The summed E-state index contributed by atoms with van der Waals surface area (Å²) >= 11 is 1.53. The number of hydrogen-bond acceptors (Lipinski definition) is 8. The topological polar surface area (TPSA) is 110 Å². The lowest BCUT2D eigenvalue weighted by atomic mass is 9.80. The van der Waals surface area contributed by atoms with E-state index in [1.807, 2.05) is 21.7 Å². The molecule has 3 heterocycles. The first-order valence-electron chi connectivity index (χ1n) is 17.1. The van der Waals surface area contributed by atoms with Gasteiger partial charge in [0.25, 0.3) is 7.82 Å². The van der Waals surface area contributed by atoms with Crippen LogP contribution in [0.3, 0.4) is 0 Å². The van der Waals surface area contributed by atoms with Gasteiger partial charge in [-0.25, -0.2) is 4.79 Å². The summed E-state index contributed by atoms with van der Waals surface area (Å²) in [5.74, 6) is -0.231. The minimum absolute atomic E-state index is 0.0154. The Kier molecular flexibility index (Phi) is 18.4. The van der Waals surface area contributed by atoms with Gasteiger partial charge in [-0.05, 0) is 19.3 Å². The number of rotatable bonds is 26. The predicted octanol–water partition coefficient (Wildman–Crippen LogP) is 7.32. The third kappa shape index (κ3) is 15.2. The number of nitrogens with zero attached hydrogens (tertiary/aromatic N) is 1. The lowest BCUT2D eigenvalue weighted by Gasteiger charge is -2.30. The molecule has 1 aromatic rings. The van der Waals surface area contributed by atoms with Crippen LogP contribution in [0.1, 0.15) is 122 Å². The third-order valence-electron chi connectivity index (χ3n) is 8.85. The van der Waals surface area contributed by atoms with Crippen molar-refractivity contribution in [3.8, 4) is 0 Å². The molecular weight excluding hydrogens is 587 g/mol. The van der Waals surface area contributed by atoms with Crippen LogP contribution in [0.25, 0.3) is 0 Å². The minimum Gasteiger partial charge on any atom is -0.756 e. The van der Waals surface area contributed by atoms with Crippen molar-refractivity contribution in [1.29, 1.82) is 0 Å². The van der Waals surface area contributed by atoms with Crippen molar-refractivity contribution in [3.63, 3.8) is 0 Å². The second-order valence-corrected chi connectivity index (χ2v) is 14.5. The van der Waals surface area contributed by atoms with E-state index in [1.165, 1.54) is 101 Å². The van der Waals surface area contributed by atoms with Gasteiger partial charge in [0.1, 0.15) is 6.61 Å². The van der Waals surface area contributed by atoms with Crippen LogP contribution in [0.15, 0.2) is 17.1 Å². The van der Waals surface area contributed by atoms with Gasteiger partial charge in [-0.15, -0.1) is 0 Å². The zero-order valence-corrected chi connectivity index (χ0v) is 28.2. The molecule has 3 rings (SSSR count). The van der Waals surface area contributed by atoms with Crippen molar-refractivity contribution < 1.29 is 37.3 Å². The number of thiazole rings is 1. The first-order valence-corrected chi connectivity index (χ1v) is 19.5. The molecule has 1 N–H and O–H groups in total. The average Bonchev–Trinajstić information content (AvgIpc) is 3.75. The normalized spacial score (nSPS) is 22.6. The second kappa shape index (κ2) is 21.7. The zero-order valence-electron chi connectivity index (χ0n) is 26.5. The van der Waals surface area contributed by atoms with Gasteiger partial charge in [-0.1, -0.05) is 115 Å². The number of nitrogens with one attached hydrogen (secondary N) is 1. The highest BCUT2D eigenvalue weighted by molar-refractivity contribution is 7.45. The van der Waals surface area contributed by atoms with Crippen LogP contribution in [0, 0.1) is 11.8 Å². The molecule has 2 saturated heterocycles. The molecule has 0 radical (unpaired) electrons. The molecule has 43 heavy (non-hydrogen) atoms. The lowest BCUT2D eigenvalue weighted by Crippen LogP contribution is -2.36. The summed E-state index contributed by atoms with van der Waals surface area (Å²) in [6.07, 6.45) is 24.2. The fraction of sp³-hybridized carbons (Fsp3) is 0.875. The zero-order chi connectivity index (χ0) is 30.6. The highest BCUT2D eigenvalue weighted by Gasteiger charge is 2.49. The Labute approximate surface area is 264 Å². The van der Waals surface area contributed by atoms with E-state index in [0.29, 0.717) is 13.1 Å². The van der Waals surface area contributed by atoms with Crippen LogP contribution < -0.4 is 14.8 Å². The monoisotopic (exact) mass is 644 g/mol. The van der Waals surface area contributed by atoms with Gasteiger partial charge in [-0.3, -0.25) is 4.57 Å². The highest BCUT2D eigenvalue weighted by Crippen LogP contribution is 2.46. The molecule has 5 atom stereocenters. The van der Waals surface area contributed by atoms with Crippen LogP contribution in [0.4, 0.5) is 4.79 Å². The quantitative estimate of drug-likeness (QED) is 0.0639. The first-order chi connectivity index (χ1) is 21.0. The van der Waals surface area contributed by atoms with Gasteiger partial charge >= 0.3 is 6.09 Å². The Hall–Kier alpha value is -1.03. The van der Waals surface area contributed by atoms with Gasteiger partial charge in [-0.2, -0.15) is 4.57 Å². The van der Waals surface area contributed by atoms with Gasteiger partial charge in [0.15, 0.2) is 12.7 Å². The van der Waals surface area contributed by atoms with E-state index in [0.717, 1.165) is 25.7 Å². The summed E-state index contributed by atoms with van der Waals surface area (Å²) in [5, 5.41) is 4.77. The molecule has 2 aliphatic rings. The smallest absolute Gasteiger partial charge is 0.407 e. The van der Waals surface area contributed by atoms with Crippen LogP contribution >= 0.6 is 19.2 Å². The van der Waals surface area contributed by atoms with E-state index in [-0.39, 0.29) is 43.9 Å². The molecule has 11 heteroatoms. The summed E-state index contributed by atoms with van der Waals surface area (Å²) in [5.41, 5.74) is 1.88. The van der Waals surface area contributed by atoms with Gasteiger partial charge in [0, 0.05) is 18.4 Å². The molecule has 9 nitrogen and oxygen atoms in total. The molecular formula is C32H57N2O7PS. The maximum Gasteiger partial charge on any atom is 0.407 e. The number of alkyl carbamates (subject to hydrolysis) is 1. The summed E-state index contributed by atoms with van der Waals surface area (Å²) in [6.45, 7) is 3.50. The average molecular weight is 645 g/mol. The van der Waals surface area contributed by atoms with Crippen LogP contribution in [0.5, 0.6) is 0 Å². The number of amides is 1. The SMILES string of the molecule is CCCCCCCCCCCCCCCCCCNC(=O)OC[C@@H]1[C@@H](COP(=O)([O-])OCC[n+]2ccsc2)[C@H]2CC[C@@H]1O2. The standard InChI is InChI=1S/C32H57N2O7PS/c1-2-3-4-5-6-7-8-9-10-11-12-13-14-15-16-17-20-33-32(35)38-25-28-29(31-19-18-30(28)41-31)26-40-42(36,37)39-23-21-34-22-24-43-27-34/h22,24,27-31H,2-21,23,25-26H2,1H3,(H-,33,35,36,37)/t28-,29-,30+,31-/m1/s1. The van der Waals surface area contributed by atoms with Gasteiger partial charge in [0.05, 0.1) is 30.8 Å². The van der Waals surface area contributed by atoms with E-state index >= 15 is 0 Å². The number of carbonyl (C=O) groups is 1. The van der Waals surface area contributed by atoms with Crippen molar-refractivity contribution in [2.45, 2.75) is 141 Å². The number of unbranched alkanes of at least 4 members (excludes halogenated alkanes) is 15. The van der Waals surface area contributed by atoms with E-state index in [4.69, 9.17) is 18.5 Å². The number of aromatic nitrogens is 1. The number of phosphoric ester groups is 1. The Bertz CT molecular complexity index is 906. The Morgan fingerprint density at radius 1 is 0.884 bits per heavy atom. The largest absolute Gasteiger partial charge is 0.756 e. The Balaban J connectivity index is 1.15. The van der Waals surface area contributed by atoms with Crippen molar-refractivity contribution >= 4 is 25.3 Å². The van der Waals surface area contributed by atoms with Crippen molar-refractivity contribution in [1.82, 2.24) is 5.32 Å². The molecule has 2 fully saturated rings. The number of carbonyl (C=O) groups excluding carboxylic acids is 1. The number of hydrogen-bond donors (Lipinski definition) is 1. The first kappa shape index (κ1) is 36.4. The Morgan fingerprint density at radius 3 is 2.00 bits per heavy atom. The molecule has 1 unspecified atom stereocenters. The molecule has 1 amide bonds. The molecule has 0 saturated carbocycles. The van der Waals surface area contributed by atoms with Crippen LogP contribution in [-0.4, -0.2) is 44.7 Å². The third-order valence-corrected chi connectivity index (χ3v) is 10.5. The number of ether oxygens (including phenoxy) is 2. The number of fused-ring (bicyclic) bond motifs is 2. The molecule has 2 bridgehead atoms. The molecule has 248 valence electrons. The predicted molar refractivity (Wildman–Crippen MR) is 168 cm³/mol. The summed E-state index contributed by atoms with van der Waals surface area (Å²) < 4.78 is 35.9. The second-order valence-electron chi connectivity index (χ2n) is 12.3. The van der Waals surface area contributed by atoms with E-state index in [9.17, 15) is 14.3 Å². The molecule has 2 aliphatic heterocycles. The van der Waals surface area contributed by atoms with Crippen LogP contribution in [0.2, 0.25) is 0 Å². The van der Waals surface area contributed by atoms with Crippen LogP contribution in [-0.2, 0) is 29.6 Å². The summed E-state index contributed by atoms with van der Waals surface area (Å²) in [4.78, 5) is 24.6. The Morgan fingerprint density at radius 2 is 1.44 bits per heavy atom. The molecule has 0 aliphatic carbocycles. The maximum atomic E-state index is 12.3. The van der Waals surface area contributed by atoms with Crippen molar-refractivity contribution in [2.75, 3.05) is 26.4 Å². The highest BCUT2D eigenvalue weighted by atomic mass is 32.1. The van der Waals surface area contributed by atoms with Gasteiger partial charge < -0.3 is 28.7 Å². The van der Waals surface area contributed by atoms with Crippen molar-refractivity contribution in [3.05, 3.63) is 17.1 Å². The fourth-order valence-electron chi connectivity index (χ4n) is 6.28. The fourth-order valence-corrected chi connectivity index (χ4v) is 7.64. The van der Waals surface area contributed by atoms with E-state index < -0.39 is 13.9 Å². The lowest BCUT2D eigenvalue weighted by molar-refractivity contribution is -0.693. The minimum atomic E-state index is -4.43. The summed E-state index contributed by atoms with van der Waals surface area (Å²) in [7, 11) is -4.43. The number of phosphoric acid groups is 1. The van der Waals surface area contributed by atoms with Gasteiger partial charge in [0.2, 0.25) is 5.51 Å². The molecule has 1 aromatic heterocycles. The van der Waals surface area contributed by atoms with E-state index in [2.05, 4.69) is 12.2 Å². The molecule has 0 spiro atoms. The van der Waals surface area contributed by atoms with Crippen molar-refractivity contribution in [2.24, 2.45) is 11.8 Å². The maximum absolute atomic E-state index is 12.3.